The minimum Gasteiger partial charge on any atom is -0.440 e. The Morgan fingerprint density at radius 1 is 1.16 bits per heavy atom. The van der Waals surface area contributed by atoms with Gasteiger partial charge in [0.2, 0.25) is 5.89 Å². The molecule has 0 radical (unpaired) electrons. The lowest BCUT2D eigenvalue weighted by atomic mass is 10.0. The first-order valence-electron chi connectivity index (χ1n) is 6.52. The molecule has 3 nitrogen and oxygen atoms in total. The number of fused-ring (bicyclic) bond motifs is 2. The molecular weight excluding hydrogens is 236 g/mol. The highest BCUT2D eigenvalue weighted by atomic mass is 16.3. The van der Waals surface area contributed by atoms with Gasteiger partial charge in [0.1, 0.15) is 5.52 Å². The second-order valence-corrected chi connectivity index (χ2v) is 5.00. The van der Waals surface area contributed by atoms with Crippen LogP contribution in [0.1, 0.15) is 22.9 Å². The third kappa shape index (κ3) is 1.55. The molecule has 94 valence electrons. The molecule has 0 spiro atoms. The fourth-order valence-corrected chi connectivity index (χ4v) is 2.76. The largest absolute Gasteiger partial charge is 0.440 e. The maximum atomic E-state index is 5.99. The normalized spacial score (nSPS) is 17.4. The fourth-order valence-electron chi connectivity index (χ4n) is 2.76. The summed E-state index contributed by atoms with van der Waals surface area (Å²) in [4.78, 5) is 4.65. The molecule has 1 N–H and O–H groups in total. The van der Waals surface area contributed by atoms with Gasteiger partial charge in [-0.15, -0.1) is 0 Å². The first-order chi connectivity index (χ1) is 9.33. The molecule has 1 unspecified atom stereocenters. The second-order valence-electron chi connectivity index (χ2n) is 5.00. The van der Waals surface area contributed by atoms with Crippen LogP contribution < -0.4 is 5.32 Å². The molecule has 2 heterocycles. The van der Waals surface area contributed by atoms with Crippen LogP contribution in [0, 0.1) is 6.92 Å². The zero-order valence-corrected chi connectivity index (χ0v) is 10.7. The number of hydrogen-bond donors (Lipinski definition) is 1. The maximum absolute atomic E-state index is 5.99. The minimum absolute atomic E-state index is 0.211. The Morgan fingerprint density at radius 3 is 2.95 bits per heavy atom. The Hall–Kier alpha value is -2.29. The van der Waals surface area contributed by atoms with Gasteiger partial charge in [-0.3, -0.25) is 0 Å². The lowest BCUT2D eigenvalue weighted by Gasteiger charge is -2.04. The Morgan fingerprint density at radius 2 is 2.05 bits per heavy atom. The maximum Gasteiger partial charge on any atom is 0.204 e. The van der Waals surface area contributed by atoms with Crippen LogP contribution in [0.2, 0.25) is 0 Å². The van der Waals surface area contributed by atoms with Gasteiger partial charge in [0.05, 0.1) is 5.92 Å². The molecule has 0 saturated carbocycles. The molecule has 3 heteroatoms. The van der Waals surface area contributed by atoms with E-state index in [-0.39, 0.29) is 5.92 Å². The van der Waals surface area contributed by atoms with Crippen molar-refractivity contribution in [2.45, 2.75) is 12.8 Å². The van der Waals surface area contributed by atoms with Crippen LogP contribution in [0.4, 0.5) is 5.69 Å². The number of nitrogens with zero attached hydrogens (tertiary/aromatic N) is 1. The minimum atomic E-state index is 0.211. The van der Waals surface area contributed by atoms with Gasteiger partial charge in [0, 0.05) is 12.2 Å². The number of oxazole rings is 1. The highest BCUT2D eigenvalue weighted by Crippen LogP contribution is 2.36. The standard InChI is InChI=1S/C16H14N2O/c1-10-5-4-8-14-15(10)19-16(18-14)12-9-17-13-7-3-2-6-11(12)13/h2-8,12,17H,9H2,1H3. The van der Waals surface area contributed by atoms with E-state index in [9.17, 15) is 0 Å². The lowest BCUT2D eigenvalue weighted by Crippen LogP contribution is -2.03. The summed E-state index contributed by atoms with van der Waals surface area (Å²) in [5.41, 5.74) is 5.44. The monoisotopic (exact) mass is 250 g/mol. The van der Waals surface area contributed by atoms with Gasteiger partial charge in [0.15, 0.2) is 5.58 Å². The second kappa shape index (κ2) is 3.85. The van der Waals surface area contributed by atoms with Crippen LogP contribution in [0.5, 0.6) is 0 Å². The zero-order chi connectivity index (χ0) is 12.8. The van der Waals surface area contributed by atoms with Crippen LogP contribution in [0.15, 0.2) is 46.9 Å². The zero-order valence-electron chi connectivity index (χ0n) is 10.7. The van der Waals surface area contributed by atoms with Crippen LogP contribution in [0.25, 0.3) is 11.1 Å². The number of para-hydroxylation sites is 2. The smallest absolute Gasteiger partial charge is 0.204 e. The number of rotatable bonds is 1. The summed E-state index contributed by atoms with van der Waals surface area (Å²) in [6.45, 7) is 2.91. The molecule has 3 aromatic rings. The lowest BCUT2D eigenvalue weighted by molar-refractivity contribution is 0.510. The number of aromatic nitrogens is 1. The topological polar surface area (TPSA) is 38.1 Å². The predicted molar refractivity (Wildman–Crippen MR) is 75.5 cm³/mol. The molecule has 19 heavy (non-hydrogen) atoms. The van der Waals surface area contributed by atoms with Crippen molar-refractivity contribution in [3.05, 3.63) is 59.5 Å². The molecular formula is C16H14N2O. The van der Waals surface area contributed by atoms with E-state index in [1.54, 1.807) is 0 Å². The molecule has 0 aliphatic carbocycles. The summed E-state index contributed by atoms with van der Waals surface area (Å²) in [6.07, 6.45) is 0. The highest BCUT2D eigenvalue weighted by molar-refractivity contribution is 5.76. The van der Waals surface area contributed by atoms with E-state index in [1.165, 1.54) is 11.3 Å². The van der Waals surface area contributed by atoms with Crippen molar-refractivity contribution in [1.82, 2.24) is 4.98 Å². The van der Waals surface area contributed by atoms with Gasteiger partial charge in [-0.25, -0.2) is 4.98 Å². The summed E-state index contributed by atoms with van der Waals surface area (Å²) in [5, 5.41) is 3.41. The van der Waals surface area contributed by atoms with Crippen LogP contribution in [-0.4, -0.2) is 11.5 Å². The molecule has 4 rings (SSSR count). The Labute approximate surface area is 111 Å². The van der Waals surface area contributed by atoms with Gasteiger partial charge in [-0.1, -0.05) is 30.3 Å². The Bertz CT molecular complexity index is 760. The molecule has 2 aromatic carbocycles. The molecule has 0 saturated heterocycles. The van der Waals surface area contributed by atoms with Gasteiger partial charge in [-0.2, -0.15) is 0 Å². The van der Waals surface area contributed by atoms with Gasteiger partial charge in [0.25, 0.3) is 0 Å². The fraction of sp³-hybridized carbons (Fsp3) is 0.188. The van der Waals surface area contributed by atoms with Crippen molar-refractivity contribution < 1.29 is 4.42 Å². The number of benzene rings is 2. The van der Waals surface area contributed by atoms with Gasteiger partial charge in [-0.05, 0) is 30.2 Å². The summed E-state index contributed by atoms with van der Waals surface area (Å²) in [7, 11) is 0. The number of anilines is 1. The van der Waals surface area contributed by atoms with Crippen molar-refractivity contribution in [3.8, 4) is 0 Å². The first kappa shape index (κ1) is 10.6. The summed E-state index contributed by atoms with van der Waals surface area (Å²) < 4.78 is 5.99. The number of aryl methyl sites for hydroxylation is 1. The van der Waals surface area contributed by atoms with Crippen LogP contribution in [-0.2, 0) is 0 Å². The van der Waals surface area contributed by atoms with Crippen LogP contribution >= 0.6 is 0 Å². The van der Waals surface area contributed by atoms with E-state index in [4.69, 9.17) is 4.42 Å². The molecule has 1 aliphatic heterocycles. The third-order valence-electron chi connectivity index (χ3n) is 3.76. The third-order valence-corrected chi connectivity index (χ3v) is 3.76. The average Bonchev–Trinajstić information content (AvgIpc) is 3.02. The van der Waals surface area contributed by atoms with Gasteiger partial charge >= 0.3 is 0 Å². The van der Waals surface area contributed by atoms with E-state index in [2.05, 4.69) is 41.5 Å². The molecule has 1 atom stereocenters. The first-order valence-corrected chi connectivity index (χ1v) is 6.52. The SMILES string of the molecule is Cc1cccc2nc(C3CNc4ccccc43)oc12. The van der Waals surface area contributed by atoms with Crippen molar-refractivity contribution in [1.29, 1.82) is 0 Å². The summed E-state index contributed by atoms with van der Waals surface area (Å²) in [6, 6.07) is 14.4. The molecule has 1 aliphatic rings. The summed E-state index contributed by atoms with van der Waals surface area (Å²) >= 11 is 0. The van der Waals surface area contributed by atoms with Crippen molar-refractivity contribution in [2.24, 2.45) is 0 Å². The quantitative estimate of drug-likeness (QED) is 0.715. The van der Waals surface area contributed by atoms with E-state index in [0.717, 1.165) is 29.1 Å². The Kier molecular flexibility index (Phi) is 2.15. The van der Waals surface area contributed by atoms with E-state index in [0.29, 0.717) is 0 Å². The van der Waals surface area contributed by atoms with Crippen LogP contribution in [0.3, 0.4) is 0 Å². The molecule has 0 bridgehead atoms. The number of nitrogens with one attached hydrogen (secondary N) is 1. The predicted octanol–water partition coefficient (Wildman–Crippen LogP) is 3.69. The van der Waals surface area contributed by atoms with E-state index < -0.39 is 0 Å². The summed E-state index contributed by atoms with van der Waals surface area (Å²) in [5.74, 6) is 1.02. The van der Waals surface area contributed by atoms with Crippen molar-refractivity contribution >= 4 is 16.8 Å². The molecule has 0 amide bonds. The average molecular weight is 250 g/mol. The van der Waals surface area contributed by atoms with Gasteiger partial charge < -0.3 is 9.73 Å². The number of hydrogen-bond acceptors (Lipinski definition) is 3. The van der Waals surface area contributed by atoms with E-state index in [1.807, 2.05) is 18.2 Å². The van der Waals surface area contributed by atoms with Crippen molar-refractivity contribution in [2.75, 3.05) is 11.9 Å². The molecule has 0 fully saturated rings. The Balaban J connectivity index is 1.86. The van der Waals surface area contributed by atoms with Crippen molar-refractivity contribution in [3.63, 3.8) is 0 Å². The highest BCUT2D eigenvalue weighted by Gasteiger charge is 2.27. The van der Waals surface area contributed by atoms with E-state index >= 15 is 0 Å². The molecule has 1 aromatic heterocycles.